The molecule has 3 aliphatic heterocycles. The average molecular weight is 526 g/mol. The van der Waals surface area contributed by atoms with Crippen molar-refractivity contribution in [3.63, 3.8) is 0 Å². The molecule has 3 heterocycles. The van der Waals surface area contributed by atoms with Crippen LogP contribution in [0.5, 0.6) is 11.5 Å². The number of fused-ring (bicyclic) bond motifs is 2. The fourth-order valence-electron chi connectivity index (χ4n) is 5.36. The van der Waals surface area contributed by atoms with Crippen molar-refractivity contribution in [3.8, 4) is 11.5 Å². The highest BCUT2D eigenvalue weighted by Gasteiger charge is 2.52. The Hall–Kier alpha value is -3.86. The van der Waals surface area contributed by atoms with Gasteiger partial charge in [-0.1, -0.05) is 43.3 Å². The van der Waals surface area contributed by atoms with Crippen LogP contribution in [0.4, 0.5) is 9.18 Å². The molecule has 2 aromatic rings. The summed E-state index contributed by atoms with van der Waals surface area (Å²) in [5.74, 6) is -0.100. The summed E-state index contributed by atoms with van der Waals surface area (Å²) in [4.78, 5) is 43.5. The number of amides is 4. The van der Waals surface area contributed by atoms with E-state index >= 15 is 0 Å². The van der Waals surface area contributed by atoms with E-state index in [1.165, 1.54) is 9.91 Å². The number of piperazine rings is 1. The zero-order valence-corrected chi connectivity index (χ0v) is 21.5. The van der Waals surface area contributed by atoms with Crippen LogP contribution >= 0.6 is 0 Å². The maximum atomic E-state index is 14.2. The van der Waals surface area contributed by atoms with Gasteiger partial charge in [0.1, 0.15) is 12.2 Å². The number of hydrogen-bond acceptors (Lipinski definition) is 6. The number of hydrogen-bond donors (Lipinski definition) is 1. The molecule has 0 aromatic heterocycles. The maximum absolute atomic E-state index is 14.2. The summed E-state index contributed by atoms with van der Waals surface area (Å²) < 4.78 is 25.1. The summed E-state index contributed by atoms with van der Waals surface area (Å²) in [6.07, 6.45) is -0.411. The SMILES string of the molecule is CCC(CF)[C@H]1C(=O)N(Cc2ccc3c(c2)OCO3)C[C@H]2N1C(=O)CN(C)N2C(=O)NCc1ccccc1. The number of alkyl halides is 1. The van der Waals surface area contributed by atoms with Crippen LogP contribution in [0, 0.1) is 5.92 Å². The van der Waals surface area contributed by atoms with Crippen LogP contribution in [-0.4, -0.2) is 83.5 Å². The zero-order chi connectivity index (χ0) is 26.8. The molecule has 0 radical (unpaired) electrons. The molecule has 2 aromatic carbocycles. The van der Waals surface area contributed by atoms with Gasteiger partial charge < -0.3 is 24.6 Å². The first kappa shape index (κ1) is 25.8. The minimum absolute atomic E-state index is 0.0847. The van der Waals surface area contributed by atoms with Crippen LogP contribution in [0.15, 0.2) is 48.5 Å². The Morgan fingerprint density at radius 3 is 2.61 bits per heavy atom. The van der Waals surface area contributed by atoms with Gasteiger partial charge in [-0.15, -0.1) is 0 Å². The lowest BCUT2D eigenvalue weighted by Gasteiger charge is -2.55. The molecule has 0 saturated carbocycles. The first-order valence-corrected chi connectivity index (χ1v) is 12.8. The molecule has 3 atom stereocenters. The second-order valence-electron chi connectivity index (χ2n) is 9.76. The van der Waals surface area contributed by atoms with E-state index in [1.54, 1.807) is 29.9 Å². The fraction of sp³-hybridized carbons (Fsp3) is 0.444. The number of likely N-dealkylation sites (N-methyl/N-ethyl adjacent to an activating group) is 1. The van der Waals surface area contributed by atoms with Crippen molar-refractivity contribution in [2.75, 3.05) is 33.6 Å². The summed E-state index contributed by atoms with van der Waals surface area (Å²) >= 11 is 0. The number of nitrogens with zero attached hydrogens (tertiary/aromatic N) is 4. The van der Waals surface area contributed by atoms with E-state index < -0.39 is 30.8 Å². The van der Waals surface area contributed by atoms with E-state index in [0.717, 1.165) is 11.1 Å². The number of halogens is 1. The molecule has 1 unspecified atom stereocenters. The molecule has 2 saturated heterocycles. The first-order valence-electron chi connectivity index (χ1n) is 12.8. The highest BCUT2D eigenvalue weighted by Crippen LogP contribution is 2.35. The number of carbonyl (C=O) groups excluding carboxylic acids is 3. The van der Waals surface area contributed by atoms with Gasteiger partial charge in [0.05, 0.1) is 19.8 Å². The predicted octanol–water partition coefficient (Wildman–Crippen LogP) is 2.35. The summed E-state index contributed by atoms with van der Waals surface area (Å²) in [6, 6.07) is 13.5. The van der Waals surface area contributed by atoms with Crippen molar-refractivity contribution in [2.24, 2.45) is 5.92 Å². The van der Waals surface area contributed by atoms with Crippen molar-refractivity contribution in [1.82, 2.24) is 25.1 Å². The van der Waals surface area contributed by atoms with Crippen LogP contribution in [0.1, 0.15) is 24.5 Å². The number of urea groups is 1. The predicted molar refractivity (Wildman–Crippen MR) is 135 cm³/mol. The van der Waals surface area contributed by atoms with Crippen molar-refractivity contribution in [1.29, 1.82) is 0 Å². The largest absolute Gasteiger partial charge is 0.454 e. The van der Waals surface area contributed by atoms with Gasteiger partial charge in [-0.25, -0.2) is 14.8 Å². The fourth-order valence-corrected chi connectivity index (χ4v) is 5.36. The smallest absolute Gasteiger partial charge is 0.334 e. The number of nitrogens with one attached hydrogen (secondary N) is 1. The molecule has 0 bridgehead atoms. The summed E-state index contributed by atoms with van der Waals surface area (Å²) in [6.45, 7) is 1.69. The standard InChI is InChI=1S/C27H32FN5O5/c1-3-20(12-28)25-26(35)31(14-19-9-10-21-22(11-19)38-17-37-21)15-23-32(25)24(34)16-30(2)33(23)27(36)29-13-18-7-5-4-6-8-18/h4-11,20,23,25H,3,12-17H2,1-2H3,(H,29,36)/t20?,23-,25-/m0/s1. The van der Waals surface area contributed by atoms with Crippen LogP contribution in [0.25, 0.3) is 0 Å². The highest BCUT2D eigenvalue weighted by atomic mass is 19.1. The molecular weight excluding hydrogens is 493 g/mol. The van der Waals surface area contributed by atoms with Crippen molar-refractivity contribution < 1.29 is 28.2 Å². The van der Waals surface area contributed by atoms with E-state index in [9.17, 15) is 18.8 Å². The summed E-state index contributed by atoms with van der Waals surface area (Å²) in [5, 5.41) is 5.96. The maximum Gasteiger partial charge on any atom is 0.334 e. The Kier molecular flexibility index (Phi) is 7.37. The Balaban J connectivity index is 1.44. The molecule has 1 N–H and O–H groups in total. The van der Waals surface area contributed by atoms with Gasteiger partial charge in [-0.05, 0) is 29.7 Å². The van der Waals surface area contributed by atoms with Gasteiger partial charge in [0.25, 0.3) is 0 Å². The molecule has 4 amide bonds. The molecule has 3 aliphatic rings. The van der Waals surface area contributed by atoms with Crippen molar-refractivity contribution in [2.45, 2.75) is 38.6 Å². The van der Waals surface area contributed by atoms with Crippen LogP contribution in [0.2, 0.25) is 0 Å². The van der Waals surface area contributed by atoms with Crippen molar-refractivity contribution in [3.05, 3.63) is 59.7 Å². The van der Waals surface area contributed by atoms with Gasteiger partial charge >= 0.3 is 6.03 Å². The lowest BCUT2D eigenvalue weighted by molar-refractivity contribution is -0.191. The molecule has 202 valence electrons. The van der Waals surface area contributed by atoms with E-state index in [-0.39, 0.29) is 38.2 Å². The van der Waals surface area contributed by atoms with Gasteiger partial charge in [-0.2, -0.15) is 0 Å². The normalized spacial score (nSPS) is 21.9. The molecule has 11 heteroatoms. The molecular formula is C27H32FN5O5. The van der Waals surface area contributed by atoms with Gasteiger partial charge in [-0.3, -0.25) is 14.0 Å². The third-order valence-corrected chi connectivity index (χ3v) is 7.35. The Morgan fingerprint density at radius 2 is 1.87 bits per heavy atom. The van der Waals surface area contributed by atoms with Crippen LogP contribution in [0.3, 0.4) is 0 Å². The quantitative estimate of drug-likeness (QED) is 0.597. The molecule has 0 aliphatic carbocycles. The van der Waals surface area contributed by atoms with Crippen molar-refractivity contribution >= 4 is 17.8 Å². The average Bonchev–Trinajstić information content (AvgIpc) is 3.38. The van der Waals surface area contributed by atoms with Gasteiger partial charge in [0, 0.05) is 26.1 Å². The number of rotatable bonds is 7. The zero-order valence-electron chi connectivity index (χ0n) is 21.5. The van der Waals surface area contributed by atoms with E-state index in [4.69, 9.17) is 9.47 Å². The number of ether oxygens (including phenoxy) is 2. The third kappa shape index (κ3) is 4.85. The second kappa shape index (κ2) is 10.9. The van der Waals surface area contributed by atoms with Crippen LogP contribution < -0.4 is 14.8 Å². The molecule has 5 rings (SSSR count). The van der Waals surface area contributed by atoms with Gasteiger partial charge in [0.15, 0.2) is 11.5 Å². The lowest BCUT2D eigenvalue weighted by atomic mass is 9.91. The summed E-state index contributed by atoms with van der Waals surface area (Å²) in [7, 11) is 1.66. The van der Waals surface area contributed by atoms with Gasteiger partial charge in [0.2, 0.25) is 18.6 Å². The molecule has 0 spiro atoms. The lowest BCUT2D eigenvalue weighted by Crippen LogP contribution is -2.76. The van der Waals surface area contributed by atoms with E-state index in [2.05, 4.69) is 5.32 Å². The highest BCUT2D eigenvalue weighted by molar-refractivity contribution is 5.91. The Bertz CT molecular complexity index is 1190. The number of benzene rings is 2. The minimum Gasteiger partial charge on any atom is -0.454 e. The molecule has 38 heavy (non-hydrogen) atoms. The second-order valence-corrected chi connectivity index (χ2v) is 9.76. The molecule has 10 nitrogen and oxygen atoms in total. The Labute approximate surface area is 220 Å². The Morgan fingerprint density at radius 1 is 1.11 bits per heavy atom. The number of carbonyl (C=O) groups is 3. The monoisotopic (exact) mass is 525 g/mol. The van der Waals surface area contributed by atoms with E-state index in [1.807, 2.05) is 42.5 Å². The first-order chi connectivity index (χ1) is 18.4. The van der Waals surface area contributed by atoms with Crippen LogP contribution in [-0.2, 0) is 22.7 Å². The third-order valence-electron chi connectivity index (χ3n) is 7.35. The summed E-state index contributed by atoms with van der Waals surface area (Å²) in [5.41, 5.74) is 1.73. The van der Waals surface area contributed by atoms with E-state index in [0.29, 0.717) is 24.5 Å². The molecule has 2 fully saturated rings. The minimum atomic E-state index is -1.01. The number of hydrazine groups is 1. The topological polar surface area (TPSA) is 94.7 Å².